The van der Waals surface area contributed by atoms with Gasteiger partial charge in [-0.25, -0.2) is 0 Å². The Labute approximate surface area is 206 Å². The summed E-state index contributed by atoms with van der Waals surface area (Å²) >= 11 is 0. The zero-order chi connectivity index (χ0) is 26.0. The van der Waals surface area contributed by atoms with E-state index in [1.165, 1.54) is 0 Å². The van der Waals surface area contributed by atoms with E-state index in [9.17, 15) is 26.3 Å². The summed E-state index contributed by atoms with van der Waals surface area (Å²) in [5.74, 6) is 0.185. The van der Waals surface area contributed by atoms with Crippen LogP contribution >= 0.6 is 0 Å². The van der Waals surface area contributed by atoms with Gasteiger partial charge in [-0.15, -0.1) is 0 Å². The lowest BCUT2D eigenvalue weighted by atomic mass is 9.80. The molecule has 0 radical (unpaired) electrons. The van der Waals surface area contributed by atoms with Crippen molar-refractivity contribution in [3.63, 3.8) is 0 Å². The maximum atomic E-state index is 13.2. The average molecular weight is 514 g/mol. The van der Waals surface area contributed by atoms with Crippen molar-refractivity contribution in [2.75, 3.05) is 20.3 Å². The Balaban J connectivity index is 1.53. The van der Waals surface area contributed by atoms with Crippen molar-refractivity contribution in [1.82, 2.24) is 10.6 Å². The number of nitrogens with zero attached hydrogens (tertiary/aromatic N) is 1. The molecule has 2 saturated heterocycles. The third kappa shape index (κ3) is 5.76. The summed E-state index contributed by atoms with van der Waals surface area (Å²) in [5, 5.41) is 6.71. The molecule has 0 amide bonds. The number of fused-ring (bicyclic) bond motifs is 2. The molecular weight excluding hydrogens is 484 g/mol. The molecule has 0 aliphatic carbocycles. The lowest BCUT2D eigenvalue weighted by molar-refractivity contribution is -0.143. The maximum absolute atomic E-state index is 13.2. The van der Waals surface area contributed by atoms with Crippen molar-refractivity contribution < 1.29 is 31.1 Å². The van der Waals surface area contributed by atoms with E-state index in [1.807, 2.05) is 43.6 Å². The molecule has 2 aliphatic rings. The molecule has 4 nitrogen and oxygen atoms in total. The number of hydrogen-bond acceptors (Lipinski definition) is 4. The first-order chi connectivity index (χ1) is 17.0. The highest BCUT2D eigenvalue weighted by molar-refractivity contribution is 5.63. The van der Waals surface area contributed by atoms with Crippen molar-refractivity contribution in [2.45, 2.75) is 55.7 Å². The van der Waals surface area contributed by atoms with Crippen LogP contribution < -0.4 is 10.6 Å². The number of ether oxygens (including phenoxy) is 1. The van der Waals surface area contributed by atoms with Crippen LogP contribution in [0.25, 0.3) is 0 Å². The third-order valence-corrected chi connectivity index (χ3v) is 7.00. The summed E-state index contributed by atoms with van der Waals surface area (Å²) in [4.78, 5) is 4.44. The van der Waals surface area contributed by atoms with Crippen molar-refractivity contribution in [2.24, 2.45) is 10.9 Å². The lowest BCUT2D eigenvalue weighted by Gasteiger charge is -2.42. The normalized spacial score (nSPS) is 26.6. The van der Waals surface area contributed by atoms with Gasteiger partial charge in [0.15, 0.2) is 0 Å². The Morgan fingerprint density at radius 2 is 1.69 bits per heavy atom. The Morgan fingerprint density at radius 3 is 2.31 bits per heavy atom. The number of nitrogens with one attached hydrogen (secondary N) is 2. The van der Waals surface area contributed by atoms with E-state index in [0.717, 1.165) is 37.0 Å². The van der Waals surface area contributed by atoms with Gasteiger partial charge >= 0.3 is 12.4 Å². The van der Waals surface area contributed by atoms with Crippen LogP contribution in [0.4, 0.5) is 26.3 Å². The fraction of sp³-hybridized carbons (Fsp3) is 0.500. The summed E-state index contributed by atoms with van der Waals surface area (Å²) in [7, 11) is 1.82. The van der Waals surface area contributed by atoms with E-state index in [-0.39, 0.29) is 42.7 Å². The van der Waals surface area contributed by atoms with Crippen molar-refractivity contribution in [1.29, 1.82) is 0 Å². The number of benzene rings is 2. The van der Waals surface area contributed by atoms with E-state index in [0.29, 0.717) is 6.67 Å². The first-order valence-electron chi connectivity index (χ1n) is 11.9. The summed E-state index contributed by atoms with van der Waals surface area (Å²) in [5.41, 5.74) is -2.14. The highest BCUT2D eigenvalue weighted by Gasteiger charge is 2.53. The molecule has 4 atom stereocenters. The van der Waals surface area contributed by atoms with E-state index in [4.69, 9.17) is 4.74 Å². The molecule has 2 aromatic carbocycles. The standard InChI is InChI=1S/C26H29F6N3O/c1-33-16-34-15-18-14-24(19-5-3-2-4-6-19)23(8-7-22(18)35-24)36-10-9-17-11-20(25(27,28)29)13-21(12-17)26(30,31)32/h2-6,11-13,15,18,22-23,33,35H,7-10,14,16H2,1H3/b34-15+. The SMILES string of the molecule is CNC/N=C/C1CC2(c3ccccc3)NC1CCC2OCCc1cc(C(F)(F)F)cc(C(F)(F)F)c1. The van der Waals surface area contributed by atoms with Gasteiger partial charge in [-0.05, 0) is 62.1 Å². The number of halogens is 6. The van der Waals surface area contributed by atoms with E-state index in [2.05, 4.69) is 15.6 Å². The lowest BCUT2D eigenvalue weighted by Crippen LogP contribution is -2.54. The van der Waals surface area contributed by atoms with Gasteiger partial charge in [-0.1, -0.05) is 30.3 Å². The fourth-order valence-corrected chi connectivity index (χ4v) is 5.37. The molecule has 0 aromatic heterocycles. The number of piperidine rings is 1. The van der Waals surface area contributed by atoms with Gasteiger partial charge in [0, 0.05) is 18.2 Å². The molecule has 2 aliphatic heterocycles. The van der Waals surface area contributed by atoms with Gasteiger partial charge in [-0.3, -0.25) is 4.99 Å². The zero-order valence-electron chi connectivity index (χ0n) is 19.8. The van der Waals surface area contributed by atoms with Crippen LogP contribution in [-0.4, -0.2) is 38.7 Å². The van der Waals surface area contributed by atoms with Gasteiger partial charge in [0.25, 0.3) is 0 Å². The van der Waals surface area contributed by atoms with Crippen LogP contribution in [0.2, 0.25) is 0 Å². The molecule has 2 bridgehead atoms. The van der Waals surface area contributed by atoms with Crippen molar-refractivity contribution in [3.8, 4) is 0 Å². The second-order valence-electron chi connectivity index (χ2n) is 9.40. The van der Waals surface area contributed by atoms with E-state index < -0.39 is 29.0 Å². The Bertz CT molecular complexity index is 1020. The molecule has 4 rings (SSSR count). The monoisotopic (exact) mass is 513 g/mol. The van der Waals surface area contributed by atoms with Gasteiger partial charge in [0.2, 0.25) is 0 Å². The molecule has 10 heteroatoms. The predicted molar refractivity (Wildman–Crippen MR) is 125 cm³/mol. The summed E-state index contributed by atoms with van der Waals surface area (Å²) in [6, 6.07) is 11.7. The maximum Gasteiger partial charge on any atom is 0.416 e. The predicted octanol–water partition coefficient (Wildman–Crippen LogP) is 5.57. The van der Waals surface area contributed by atoms with Crippen LogP contribution in [0.1, 0.15) is 41.5 Å². The second kappa shape index (κ2) is 10.5. The highest BCUT2D eigenvalue weighted by atomic mass is 19.4. The number of alkyl halides is 6. The average Bonchev–Trinajstić information content (AvgIpc) is 3.13. The molecule has 0 saturated carbocycles. The first kappa shape index (κ1) is 26.6. The topological polar surface area (TPSA) is 45.7 Å². The Kier molecular flexibility index (Phi) is 7.78. The molecule has 196 valence electrons. The second-order valence-corrected chi connectivity index (χ2v) is 9.40. The van der Waals surface area contributed by atoms with E-state index >= 15 is 0 Å². The molecule has 2 N–H and O–H groups in total. The minimum atomic E-state index is -4.87. The quantitative estimate of drug-likeness (QED) is 0.359. The molecule has 2 heterocycles. The largest absolute Gasteiger partial charge is 0.416 e. The summed E-state index contributed by atoms with van der Waals surface area (Å²) < 4.78 is 85.5. The van der Waals surface area contributed by atoms with Crippen LogP contribution in [0.5, 0.6) is 0 Å². The van der Waals surface area contributed by atoms with Crippen molar-refractivity contribution >= 4 is 6.21 Å². The molecule has 36 heavy (non-hydrogen) atoms. The number of rotatable bonds is 8. The Morgan fingerprint density at radius 1 is 1.03 bits per heavy atom. The molecule has 0 spiro atoms. The molecule has 4 unspecified atom stereocenters. The Hall–Kier alpha value is -2.43. The zero-order valence-corrected chi connectivity index (χ0v) is 19.8. The van der Waals surface area contributed by atoms with Crippen LogP contribution in [0.15, 0.2) is 53.5 Å². The highest BCUT2D eigenvalue weighted by Crippen LogP contribution is 2.47. The van der Waals surface area contributed by atoms with Gasteiger partial charge in [0.05, 0.1) is 36.0 Å². The van der Waals surface area contributed by atoms with Crippen molar-refractivity contribution in [3.05, 3.63) is 70.8 Å². The minimum absolute atomic E-state index is 0.00269. The summed E-state index contributed by atoms with van der Waals surface area (Å²) in [6.45, 7) is 0.515. The molecule has 2 aromatic rings. The van der Waals surface area contributed by atoms with E-state index in [1.54, 1.807) is 0 Å². The van der Waals surface area contributed by atoms with Crippen LogP contribution in [0, 0.1) is 5.92 Å². The van der Waals surface area contributed by atoms with Crippen LogP contribution in [0.3, 0.4) is 0 Å². The minimum Gasteiger partial charge on any atom is -0.376 e. The number of hydrogen-bond donors (Lipinski definition) is 2. The molecular formula is C26H29F6N3O. The van der Waals surface area contributed by atoms with Gasteiger partial charge in [-0.2, -0.15) is 26.3 Å². The van der Waals surface area contributed by atoms with Crippen LogP contribution in [-0.2, 0) is 29.0 Å². The van der Waals surface area contributed by atoms with Gasteiger partial charge in [0.1, 0.15) is 0 Å². The third-order valence-electron chi connectivity index (χ3n) is 7.00. The fourth-order valence-electron chi connectivity index (χ4n) is 5.37. The summed E-state index contributed by atoms with van der Waals surface area (Å²) in [6.07, 6.45) is -5.84. The first-order valence-corrected chi connectivity index (χ1v) is 11.9. The van der Waals surface area contributed by atoms with Gasteiger partial charge < -0.3 is 15.4 Å². The smallest absolute Gasteiger partial charge is 0.376 e. The molecule has 2 fully saturated rings. The number of aliphatic imine (C=N–C) groups is 1.